The number of nitrogens with one attached hydrogen (secondary N) is 1. The maximum atomic E-state index is 12.9. The average molecular weight is 439 g/mol. The van der Waals surface area contributed by atoms with Gasteiger partial charge < -0.3 is 4.90 Å². The highest BCUT2D eigenvalue weighted by molar-refractivity contribution is 7.91. The van der Waals surface area contributed by atoms with Gasteiger partial charge in [0, 0.05) is 6.54 Å². The van der Waals surface area contributed by atoms with Crippen LogP contribution in [-0.2, 0) is 26.3 Å². The third-order valence-electron chi connectivity index (χ3n) is 4.91. The van der Waals surface area contributed by atoms with Crippen molar-refractivity contribution in [3.63, 3.8) is 0 Å². The molecule has 0 atom stereocenters. The van der Waals surface area contributed by atoms with E-state index in [1.165, 1.54) is 24.3 Å². The smallest absolute Gasteiger partial charge is 0.240 e. The van der Waals surface area contributed by atoms with Gasteiger partial charge in [0.2, 0.25) is 19.9 Å². The molecule has 2 rings (SSSR count). The fourth-order valence-electron chi connectivity index (χ4n) is 3.11. The second-order valence-electron chi connectivity index (χ2n) is 6.72. The lowest BCUT2D eigenvalue weighted by Crippen LogP contribution is -2.30. The second kappa shape index (κ2) is 10.3. The van der Waals surface area contributed by atoms with Gasteiger partial charge in [0.05, 0.1) is 14.7 Å². The monoisotopic (exact) mass is 438 g/mol. The summed E-state index contributed by atoms with van der Waals surface area (Å²) in [6.07, 6.45) is 1.17. The van der Waals surface area contributed by atoms with Crippen LogP contribution >= 0.6 is 0 Å². The first-order valence-corrected chi connectivity index (χ1v) is 12.9. The van der Waals surface area contributed by atoms with Gasteiger partial charge in [-0.2, -0.15) is 0 Å². The van der Waals surface area contributed by atoms with E-state index in [-0.39, 0.29) is 14.7 Å². The van der Waals surface area contributed by atoms with Crippen molar-refractivity contribution < 1.29 is 16.8 Å². The Hall–Kier alpha value is -1.74. The molecule has 0 aliphatic rings. The van der Waals surface area contributed by atoms with Crippen LogP contribution in [0.4, 0.5) is 0 Å². The van der Waals surface area contributed by atoms with E-state index in [4.69, 9.17) is 0 Å². The molecular weight excluding hydrogens is 408 g/mol. The first-order valence-electron chi connectivity index (χ1n) is 9.91. The van der Waals surface area contributed by atoms with Crippen molar-refractivity contribution in [3.8, 4) is 0 Å². The minimum atomic E-state index is -3.81. The van der Waals surface area contributed by atoms with Crippen LogP contribution < -0.4 is 4.72 Å². The molecule has 0 amide bonds. The molecule has 0 unspecified atom stereocenters. The maximum absolute atomic E-state index is 12.9. The lowest BCUT2D eigenvalue weighted by molar-refractivity contribution is 0.300. The molecular formula is C21H30N2O4S2. The molecule has 29 heavy (non-hydrogen) atoms. The van der Waals surface area contributed by atoms with Crippen LogP contribution in [0.2, 0.25) is 0 Å². The van der Waals surface area contributed by atoms with Crippen molar-refractivity contribution in [2.75, 3.05) is 26.2 Å². The highest BCUT2D eigenvalue weighted by atomic mass is 32.2. The summed E-state index contributed by atoms with van der Waals surface area (Å²) in [5.74, 6) is 0. The number of sulfonamides is 1. The average Bonchev–Trinajstić information content (AvgIpc) is 2.74. The van der Waals surface area contributed by atoms with E-state index in [1.54, 1.807) is 24.3 Å². The summed E-state index contributed by atoms with van der Waals surface area (Å²) in [6, 6.07) is 12.3. The lowest BCUT2D eigenvalue weighted by atomic mass is 10.2. The topological polar surface area (TPSA) is 83.5 Å². The van der Waals surface area contributed by atoms with Crippen LogP contribution in [0, 0.1) is 0 Å². The zero-order chi connectivity index (χ0) is 21.5. The van der Waals surface area contributed by atoms with Gasteiger partial charge in [0.15, 0.2) is 0 Å². The Kier molecular flexibility index (Phi) is 8.39. The van der Waals surface area contributed by atoms with Crippen LogP contribution in [0.5, 0.6) is 0 Å². The Balaban J connectivity index is 2.28. The van der Waals surface area contributed by atoms with Crippen LogP contribution in [0.25, 0.3) is 0 Å². The molecule has 0 bridgehead atoms. The second-order valence-corrected chi connectivity index (χ2v) is 10.4. The zero-order valence-electron chi connectivity index (χ0n) is 17.3. The van der Waals surface area contributed by atoms with Gasteiger partial charge in [-0.05, 0) is 62.3 Å². The van der Waals surface area contributed by atoms with Crippen molar-refractivity contribution in [1.29, 1.82) is 0 Å². The maximum Gasteiger partial charge on any atom is 0.240 e. The number of benzene rings is 2. The van der Waals surface area contributed by atoms with Crippen molar-refractivity contribution in [3.05, 3.63) is 54.1 Å². The van der Waals surface area contributed by atoms with E-state index < -0.39 is 19.9 Å². The van der Waals surface area contributed by atoms with Gasteiger partial charge in [-0.3, -0.25) is 0 Å². The third kappa shape index (κ3) is 5.88. The molecule has 0 aromatic heterocycles. The summed E-state index contributed by atoms with van der Waals surface area (Å²) < 4.78 is 54.2. The van der Waals surface area contributed by atoms with Crippen LogP contribution in [0.3, 0.4) is 0 Å². The molecule has 8 heteroatoms. The quantitative estimate of drug-likeness (QED) is 0.545. The van der Waals surface area contributed by atoms with E-state index in [9.17, 15) is 16.8 Å². The molecule has 0 radical (unpaired) electrons. The molecule has 0 saturated heterocycles. The Labute approximate surface area is 174 Å². The van der Waals surface area contributed by atoms with E-state index in [0.29, 0.717) is 24.9 Å². The summed E-state index contributed by atoms with van der Waals surface area (Å²) in [4.78, 5) is 2.36. The predicted octanol–water partition coefficient (Wildman–Crippen LogP) is 3.09. The summed E-state index contributed by atoms with van der Waals surface area (Å²) >= 11 is 0. The van der Waals surface area contributed by atoms with Gasteiger partial charge >= 0.3 is 0 Å². The Bertz CT molecular complexity index is 1000. The minimum Gasteiger partial charge on any atom is -0.304 e. The number of sulfone groups is 1. The molecule has 6 nitrogen and oxygen atoms in total. The molecule has 0 saturated carbocycles. The standard InChI is InChI=1S/C21H30N2O4S2/c1-4-18-13-14-20(28(24,25)19-11-8-7-9-12-19)17-21(18)29(26,27)22-15-10-16-23(5-2)6-3/h7-9,11-14,17,22H,4-6,10,15-16H2,1-3H3. The first-order chi connectivity index (χ1) is 13.8. The van der Waals surface area contributed by atoms with Crippen LogP contribution in [0.1, 0.15) is 32.8 Å². The third-order valence-corrected chi connectivity index (χ3v) is 8.22. The molecule has 0 aliphatic carbocycles. The number of aryl methyl sites for hydroxylation is 1. The fraction of sp³-hybridized carbons (Fsp3) is 0.429. The van der Waals surface area contributed by atoms with Crippen molar-refractivity contribution in [1.82, 2.24) is 9.62 Å². The first kappa shape index (κ1) is 23.5. The van der Waals surface area contributed by atoms with Crippen molar-refractivity contribution >= 4 is 19.9 Å². The molecule has 0 fully saturated rings. The largest absolute Gasteiger partial charge is 0.304 e. The van der Waals surface area contributed by atoms with Crippen LogP contribution in [0.15, 0.2) is 63.2 Å². The normalized spacial score (nSPS) is 12.4. The SMILES string of the molecule is CCc1ccc(S(=O)(=O)c2ccccc2)cc1S(=O)(=O)NCCCN(CC)CC. The van der Waals surface area contributed by atoms with E-state index >= 15 is 0 Å². The predicted molar refractivity (Wildman–Crippen MR) is 115 cm³/mol. The van der Waals surface area contributed by atoms with Crippen molar-refractivity contribution in [2.24, 2.45) is 0 Å². The Morgan fingerprint density at radius 3 is 2.10 bits per heavy atom. The number of rotatable bonds is 11. The molecule has 0 aliphatic heterocycles. The van der Waals surface area contributed by atoms with Gasteiger partial charge in [0.25, 0.3) is 0 Å². The Morgan fingerprint density at radius 2 is 1.52 bits per heavy atom. The summed E-state index contributed by atoms with van der Waals surface area (Å²) in [6.45, 7) is 8.93. The number of hydrogen-bond donors (Lipinski definition) is 1. The molecule has 2 aromatic rings. The molecule has 1 N–H and O–H groups in total. The van der Waals surface area contributed by atoms with Gasteiger partial charge in [-0.15, -0.1) is 0 Å². The summed E-state index contributed by atoms with van der Waals surface area (Å²) in [5.41, 5.74) is 0.591. The van der Waals surface area contributed by atoms with E-state index in [1.807, 2.05) is 6.92 Å². The number of nitrogens with zero attached hydrogens (tertiary/aromatic N) is 1. The molecule has 2 aromatic carbocycles. The summed E-state index contributed by atoms with van der Waals surface area (Å²) in [5, 5.41) is 0. The number of hydrogen-bond acceptors (Lipinski definition) is 5. The Morgan fingerprint density at radius 1 is 0.862 bits per heavy atom. The van der Waals surface area contributed by atoms with E-state index in [0.717, 1.165) is 19.6 Å². The van der Waals surface area contributed by atoms with Gasteiger partial charge in [-0.1, -0.05) is 45.0 Å². The summed E-state index contributed by atoms with van der Waals surface area (Å²) in [7, 11) is -7.60. The molecule has 0 heterocycles. The highest BCUT2D eigenvalue weighted by Gasteiger charge is 2.23. The highest BCUT2D eigenvalue weighted by Crippen LogP contribution is 2.26. The minimum absolute atomic E-state index is 0.0237. The lowest BCUT2D eigenvalue weighted by Gasteiger charge is -2.18. The van der Waals surface area contributed by atoms with E-state index in [2.05, 4.69) is 23.5 Å². The zero-order valence-corrected chi connectivity index (χ0v) is 18.9. The fourth-order valence-corrected chi connectivity index (χ4v) is 5.90. The van der Waals surface area contributed by atoms with Crippen LogP contribution in [-0.4, -0.2) is 47.9 Å². The van der Waals surface area contributed by atoms with Gasteiger partial charge in [-0.25, -0.2) is 21.6 Å². The van der Waals surface area contributed by atoms with Gasteiger partial charge in [0.1, 0.15) is 0 Å². The molecule has 0 spiro atoms. The van der Waals surface area contributed by atoms with Crippen molar-refractivity contribution in [2.45, 2.75) is 48.3 Å². The molecule has 160 valence electrons.